The van der Waals surface area contributed by atoms with Crippen LogP contribution in [0.15, 0.2) is 59.1 Å². The molecule has 0 fully saturated rings. The lowest BCUT2D eigenvalue weighted by Crippen LogP contribution is -2.21. The van der Waals surface area contributed by atoms with Crippen molar-refractivity contribution in [1.29, 1.82) is 0 Å². The Labute approximate surface area is 170 Å². The molecule has 0 saturated heterocycles. The largest absolute Gasteiger partial charge is 0.452 e. The van der Waals surface area contributed by atoms with Crippen molar-refractivity contribution in [2.45, 2.75) is 13.3 Å². The minimum absolute atomic E-state index is 0.278. The Hall–Kier alpha value is -3.52. The minimum atomic E-state index is -0.562. The third-order valence-corrected chi connectivity index (χ3v) is 5.18. The molecule has 146 valence electrons. The number of ether oxygens (including phenoxy) is 1. The van der Waals surface area contributed by atoms with E-state index in [0.29, 0.717) is 17.7 Å². The number of aryl methyl sites for hydroxylation is 1. The molecule has 0 spiro atoms. The summed E-state index contributed by atoms with van der Waals surface area (Å²) in [5.74, 6) is -0.204. The van der Waals surface area contributed by atoms with Gasteiger partial charge in [0.2, 0.25) is 0 Å². The van der Waals surface area contributed by atoms with Crippen LogP contribution in [0.4, 0.5) is 5.82 Å². The van der Waals surface area contributed by atoms with Crippen molar-refractivity contribution in [1.82, 2.24) is 10.1 Å². The van der Waals surface area contributed by atoms with Crippen LogP contribution in [0.5, 0.6) is 0 Å². The number of nitrogens with zero attached hydrogens (tertiary/aromatic N) is 2. The normalized spacial score (nSPS) is 10.8. The molecule has 2 aromatic carbocycles. The molecule has 2 heterocycles. The summed E-state index contributed by atoms with van der Waals surface area (Å²) in [4.78, 5) is 29.1. The van der Waals surface area contributed by atoms with E-state index in [9.17, 15) is 9.59 Å². The summed E-state index contributed by atoms with van der Waals surface area (Å²) in [6.07, 6.45) is 0.509. The molecule has 8 heteroatoms. The maximum atomic E-state index is 12.5. The number of hydrogen-bond acceptors (Lipinski definition) is 7. The van der Waals surface area contributed by atoms with Gasteiger partial charge in [0.1, 0.15) is 5.76 Å². The van der Waals surface area contributed by atoms with Crippen molar-refractivity contribution in [3.8, 4) is 0 Å². The Morgan fingerprint density at radius 2 is 1.93 bits per heavy atom. The highest BCUT2D eigenvalue weighted by Crippen LogP contribution is 2.25. The number of nitrogens with one attached hydrogen (secondary N) is 1. The average Bonchev–Trinajstić information content (AvgIpc) is 3.31. The van der Waals surface area contributed by atoms with Crippen molar-refractivity contribution >= 4 is 39.2 Å². The number of para-hydroxylation sites is 1. The lowest BCUT2D eigenvalue weighted by atomic mass is 10.1. The van der Waals surface area contributed by atoms with E-state index in [4.69, 9.17) is 9.26 Å². The zero-order valence-corrected chi connectivity index (χ0v) is 16.4. The molecule has 29 heavy (non-hydrogen) atoms. The topological polar surface area (TPSA) is 94.3 Å². The maximum absolute atomic E-state index is 12.5. The number of fused-ring (bicyclic) bond motifs is 1. The SMILES string of the molecule is Cc1cc(NC(=O)COC(=O)c2ccccc2Cc2nc3ccccc3s2)no1. The predicted molar refractivity (Wildman–Crippen MR) is 109 cm³/mol. The molecule has 4 rings (SSSR count). The van der Waals surface area contributed by atoms with Gasteiger partial charge < -0.3 is 14.6 Å². The second-order valence-electron chi connectivity index (χ2n) is 6.36. The van der Waals surface area contributed by atoms with Crippen LogP contribution >= 0.6 is 11.3 Å². The van der Waals surface area contributed by atoms with Crippen LogP contribution in [0.2, 0.25) is 0 Å². The minimum Gasteiger partial charge on any atom is -0.452 e. The molecule has 0 aliphatic rings. The molecule has 0 unspecified atom stereocenters. The number of carbonyl (C=O) groups excluding carboxylic acids is 2. The van der Waals surface area contributed by atoms with Gasteiger partial charge in [-0.25, -0.2) is 9.78 Å². The number of aromatic nitrogens is 2. The van der Waals surface area contributed by atoms with Gasteiger partial charge >= 0.3 is 5.97 Å². The summed E-state index contributed by atoms with van der Waals surface area (Å²) < 4.78 is 11.2. The third-order valence-electron chi connectivity index (χ3n) is 4.15. The number of benzene rings is 2. The molecule has 7 nitrogen and oxygen atoms in total. The van der Waals surface area contributed by atoms with Crippen molar-refractivity contribution in [3.63, 3.8) is 0 Å². The van der Waals surface area contributed by atoms with E-state index in [1.807, 2.05) is 36.4 Å². The van der Waals surface area contributed by atoms with Crippen LogP contribution in [-0.2, 0) is 16.0 Å². The highest BCUT2D eigenvalue weighted by molar-refractivity contribution is 7.18. The average molecular weight is 407 g/mol. The van der Waals surface area contributed by atoms with E-state index in [1.165, 1.54) is 0 Å². The summed E-state index contributed by atoms with van der Waals surface area (Å²) in [6.45, 7) is 1.30. The van der Waals surface area contributed by atoms with E-state index < -0.39 is 18.5 Å². The highest BCUT2D eigenvalue weighted by Gasteiger charge is 2.16. The third kappa shape index (κ3) is 4.49. The van der Waals surface area contributed by atoms with E-state index in [1.54, 1.807) is 36.5 Å². The first kappa shape index (κ1) is 18.8. The van der Waals surface area contributed by atoms with Gasteiger partial charge in [0, 0.05) is 12.5 Å². The van der Waals surface area contributed by atoms with Gasteiger partial charge in [-0.1, -0.05) is 35.5 Å². The second kappa shape index (κ2) is 8.24. The van der Waals surface area contributed by atoms with Crippen LogP contribution in [0, 0.1) is 6.92 Å². The first-order chi connectivity index (χ1) is 14.1. The van der Waals surface area contributed by atoms with E-state index >= 15 is 0 Å². The highest BCUT2D eigenvalue weighted by atomic mass is 32.1. The van der Waals surface area contributed by atoms with Crippen molar-refractivity contribution < 1.29 is 18.8 Å². The fourth-order valence-corrected chi connectivity index (χ4v) is 3.84. The molecule has 0 atom stereocenters. The first-order valence-electron chi connectivity index (χ1n) is 8.91. The zero-order valence-electron chi connectivity index (χ0n) is 15.5. The van der Waals surface area contributed by atoms with Crippen LogP contribution in [0.25, 0.3) is 10.2 Å². The summed E-state index contributed by atoms with van der Waals surface area (Å²) in [5.41, 5.74) is 2.15. The Morgan fingerprint density at radius 1 is 1.14 bits per heavy atom. The fraction of sp³-hybridized carbons (Fsp3) is 0.143. The zero-order chi connectivity index (χ0) is 20.2. The van der Waals surface area contributed by atoms with E-state index in [0.717, 1.165) is 20.8 Å². The monoisotopic (exact) mass is 407 g/mol. The molecule has 0 saturated carbocycles. The number of hydrogen-bond donors (Lipinski definition) is 1. The van der Waals surface area contributed by atoms with Gasteiger partial charge in [-0.2, -0.15) is 0 Å². The van der Waals surface area contributed by atoms with Crippen LogP contribution in [0.3, 0.4) is 0 Å². The van der Waals surface area contributed by atoms with Gasteiger partial charge in [0.05, 0.1) is 20.8 Å². The predicted octanol–water partition coefficient (Wildman–Crippen LogP) is 3.98. The van der Waals surface area contributed by atoms with Crippen LogP contribution in [0.1, 0.15) is 26.7 Å². The Morgan fingerprint density at radius 3 is 2.72 bits per heavy atom. The van der Waals surface area contributed by atoms with Gasteiger partial charge in [-0.3, -0.25) is 4.79 Å². The molecule has 0 aliphatic carbocycles. The van der Waals surface area contributed by atoms with E-state index in [-0.39, 0.29) is 5.82 Å². The summed E-state index contributed by atoms with van der Waals surface area (Å²) in [5, 5.41) is 7.08. The number of esters is 1. The van der Waals surface area contributed by atoms with Crippen molar-refractivity contribution in [2.75, 3.05) is 11.9 Å². The molecular weight excluding hydrogens is 390 g/mol. The van der Waals surface area contributed by atoms with Gasteiger partial charge in [-0.05, 0) is 30.7 Å². The lowest BCUT2D eigenvalue weighted by Gasteiger charge is -2.08. The van der Waals surface area contributed by atoms with Crippen molar-refractivity contribution in [3.05, 3.63) is 76.5 Å². The molecule has 0 bridgehead atoms. The molecule has 0 aliphatic heterocycles. The summed E-state index contributed by atoms with van der Waals surface area (Å²) in [6, 6.07) is 16.6. The smallest absolute Gasteiger partial charge is 0.338 e. The van der Waals surface area contributed by atoms with E-state index in [2.05, 4.69) is 15.5 Å². The standard InChI is InChI=1S/C21H17N3O4S/c1-13-10-18(24-28-13)23-19(25)12-27-21(26)15-7-3-2-6-14(15)11-20-22-16-8-4-5-9-17(16)29-20/h2-10H,11-12H2,1H3,(H,23,24,25). The Bertz CT molecular complexity index is 1150. The Balaban J connectivity index is 1.42. The van der Waals surface area contributed by atoms with Crippen LogP contribution < -0.4 is 5.32 Å². The van der Waals surface area contributed by atoms with Gasteiger partial charge in [0.15, 0.2) is 12.4 Å². The van der Waals surface area contributed by atoms with Gasteiger partial charge in [0.25, 0.3) is 5.91 Å². The quantitative estimate of drug-likeness (QED) is 0.486. The Kier molecular flexibility index (Phi) is 5.35. The maximum Gasteiger partial charge on any atom is 0.338 e. The number of rotatable bonds is 6. The molecular formula is C21H17N3O4S. The molecule has 4 aromatic rings. The second-order valence-corrected chi connectivity index (χ2v) is 7.47. The van der Waals surface area contributed by atoms with Gasteiger partial charge in [-0.15, -0.1) is 11.3 Å². The number of carbonyl (C=O) groups is 2. The summed E-state index contributed by atoms with van der Waals surface area (Å²) in [7, 11) is 0. The van der Waals surface area contributed by atoms with Crippen LogP contribution in [-0.4, -0.2) is 28.6 Å². The molecule has 0 radical (unpaired) electrons. The number of amides is 1. The lowest BCUT2D eigenvalue weighted by molar-refractivity contribution is -0.119. The first-order valence-corrected chi connectivity index (χ1v) is 9.73. The number of anilines is 1. The fourth-order valence-electron chi connectivity index (χ4n) is 2.85. The molecule has 1 amide bonds. The number of thiazole rings is 1. The molecule has 2 aromatic heterocycles. The summed E-state index contributed by atoms with van der Waals surface area (Å²) >= 11 is 1.59. The van der Waals surface area contributed by atoms with Crippen molar-refractivity contribution in [2.24, 2.45) is 0 Å². The molecule has 1 N–H and O–H groups in total.